The van der Waals surface area contributed by atoms with Crippen molar-refractivity contribution < 1.29 is 18.0 Å². The van der Waals surface area contributed by atoms with E-state index in [2.05, 4.69) is 10.4 Å². The standard InChI is InChI=1S/C17H19F3N4O.ClH/c18-17(19,20)14-7-10-22-24(14)13-5-3-12(4-6-13)23-15(25)16(11-21)8-1-2-9-16;/h3-7,10H,1-2,8-9,11,21H2,(H,23,25);1H. The van der Waals surface area contributed by atoms with Crippen molar-refractivity contribution in [3.05, 3.63) is 42.2 Å². The molecule has 1 saturated carbocycles. The first-order valence-corrected chi connectivity index (χ1v) is 8.09. The number of nitrogens with two attached hydrogens (primary N) is 1. The third kappa shape index (κ3) is 3.86. The second-order valence-corrected chi connectivity index (χ2v) is 6.32. The van der Waals surface area contributed by atoms with Crippen molar-refractivity contribution in [1.82, 2.24) is 9.78 Å². The normalized spacial score (nSPS) is 16.2. The Balaban J connectivity index is 0.00000243. The van der Waals surface area contributed by atoms with Gasteiger partial charge < -0.3 is 11.1 Å². The average Bonchev–Trinajstić information content (AvgIpc) is 3.25. The number of hydrogen-bond donors (Lipinski definition) is 2. The molecule has 0 atom stereocenters. The molecule has 1 aliphatic carbocycles. The summed E-state index contributed by atoms with van der Waals surface area (Å²) in [7, 11) is 0. The average molecular weight is 389 g/mol. The Bertz CT molecular complexity index is 752. The van der Waals surface area contributed by atoms with Crippen LogP contribution in [0.15, 0.2) is 36.5 Å². The lowest BCUT2D eigenvalue weighted by molar-refractivity contribution is -0.142. The van der Waals surface area contributed by atoms with Crippen LogP contribution in [-0.4, -0.2) is 22.2 Å². The molecule has 1 amide bonds. The van der Waals surface area contributed by atoms with E-state index in [1.807, 2.05) is 0 Å². The molecular formula is C17H20ClF3N4O. The summed E-state index contributed by atoms with van der Waals surface area (Å²) in [6.07, 6.45) is 0.0838. The number of carbonyl (C=O) groups excluding carboxylic acids is 1. The van der Waals surface area contributed by atoms with Gasteiger partial charge in [0, 0.05) is 12.2 Å². The summed E-state index contributed by atoms with van der Waals surface area (Å²) >= 11 is 0. The fraction of sp³-hybridized carbons (Fsp3) is 0.412. The van der Waals surface area contributed by atoms with Gasteiger partial charge in [-0.05, 0) is 43.2 Å². The van der Waals surface area contributed by atoms with E-state index in [1.165, 1.54) is 12.1 Å². The van der Waals surface area contributed by atoms with Gasteiger partial charge in [0.05, 0.1) is 17.3 Å². The first kappa shape index (κ1) is 20.3. The van der Waals surface area contributed by atoms with Crippen LogP contribution in [0.3, 0.4) is 0 Å². The molecule has 3 rings (SSSR count). The zero-order valence-corrected chi connectivity index (χ0v) is 14.7. The number of carbonyl (C=O) groups is 1. The van der Waals surface area contributed by atoms with Crippen molar-refractivity contribution in [1.29, 1.82) is 0 Å². The Hall–Kier alpha value is -2.06. The first-order chi connectivity index (χ1) is 11.9. The molecule has 0 bridgehead atoms. The quantitative estimate of drug-likeness (QED) is 0.837. The predicted octanol–water partition coefficient (Wildman–Crippen LogP) is 3.77. The molecule has 0 spiro atoms. The molecule has 1 fully saturated rings. The number of hydrogen-bond acceptors (Lipinski definition) is 3. The summed E-state index contributed by atoms with van der Waals surface area (Å²) in [6.45, 7) is 0.291. The maximum atomic E-state index is 12.9. The Labute approximate surface area is 155 Å². The highest BCUT2D eigenvalue weighted by atomic mass is 35.5. The Morgan fingerprint density at radius 1 is 1.19 bits per heavy atom. The molecule has 1 aromatic carbocycles. The molecule has 0 unspecified atom stereocenters. The van der Waals surface area contributed by atoms with Gasteiger partial charge in [-0.3, -0.25) is 4.79 Å². The number of alkyl halides is 3. The Kier molecular flexibility index (Phi) is 5.98. The van der Waals surface area contributed by atoms with Gasteiger partial charge in [-0.1, -0.05) is 12.8 Å². The van der Waals surface area contributed by atoms with Crippen molar-refractivity contribution >= 4 is 24.0 Å². The fourth-order valence-corrected chi connectivity index (χ4v) is 3.25. The molecule has 2 aromatic rings. The number of anilines is 1. The van der Waals surface area contributed by atoms with Crippen LogP contribution in [0.25, 0.3) is 5.69 Å². The van der Waals surface area contributed by atoms with Crippen molar-refractivity contribution in [3.8, 4) is 5.69 Å². The molecule has 5 nitrogen and oxygen atoms in total. The molecular weight excluding hydrogens is 369 g/mol. The maximum Gasteiger partial charge on any atom is 0.433 e. The summed E-state index contributed by atoms with van der Waals surface area (Å²) in [5.74, 6) is -0.129. The van der Waals surface area contributed by atoms with Crippen LogP contribution in [0.5, 0.6) is 0 Å². The molecule has 0 radical (unpaired) electrons. The van der Waals surface area contributed by atoms with Crippen LogP contribution in [-0.2, 0) is 11.0 Å². The van der Waals surface area contributed by atoms with Gasteiger partial charge in [0.1, 0.15) is 5.69 Å². The lowest BCUT2D eigenvalue weighted by atomic mass is 9.85. The van der Waals surface area contributed by atoms with E-state index >= 15 is 0 Å². The minimum atomic E-state index is -4.49. The van der Waals surface area contributed by atoms with Crippen molar-refractivity contribution in [2.45, 2.75) is 31.9 Å². The molecule has 1 aliphatic rings. The Morgan fingerprint density at radius 3 is 2.35 bits per heavy atom. The van der Waals surface area contributed by atoms with Crippen LogP contribution < -0.4 is 11.1 Å². The largest absolute Gasteiger partial charge is 0.433 e. The SMILES string of the molecule is Cl.NCC1(C(=O)Nc2ccc(-n3nccc3C(F)(F)F)cc2)CCCC1. The van der Waals surface area contributed by atoms with Gasteiger partial charge >= 0.3 is 6.18 Å². The van der Waals surface area contributed by atoms with Gasteiger partial charge in [0.2, 0.25) is 5.91 Å². The molecule has 0 saturated heterocycles. The lowest BCUT2D eigenvalue weighted by Crippen LogP contribution is -2.40. The van der Waals surface area contributed by atoms with E-state index in [1.54, 1.807) is 12.1 Å². The highest BCUT2D eigenvalue weighted by molar-refractivity contribution is 5.95. The topological polar surface area (TPSA) is 72.9 Å². The summed E-state index contributed by atoms with van der Waals surface area (Å²) in [5.41, 5.74) is 5.19. The van der Waals surface area contributed by atoms with Gasteiger partial charge in [-0.2, -0.15) is 18.3 Å². The molecule has 3 N–H and O–H groups in total. The predicted molar refractivity (Wildman–Crippen MR) is 94.4 cm³/mol. The number of benzene rings is 1. The van der Waals surface area contributed by atoms with Crippen LogP contribution in [0, 0.1) is 5.41 Å². The van der Waals surface area contributed by atoms with Crippen LogP contribution in [0.1, 0.15) is 31.4 Å². The van der Waals surface area contributed by atoms with Crippen molar-refractivity contribution in [2.75, 3.05) is 11.9 Å². The van der Waals surface area contributed by atoms with E-state index in [0.717, 1.165) is 42.6 Å². The number of amides is 1. The van der Waals surface area contributed by atoms with E-state index < -0.39 is 17.3 Å². The van der Waals surface area contributed by atoms with Crippen LogP contribution >= 0.6 is 12.4 Å². The van der Waals surface area contributed by atoms with Crippen LogP contribution in [0.2, 0.25) is 0 Å². The highest BCUT2D eigenvalue weighted by Gasteiger charge is 2.39. The van der Waals surface area contributed by atoms with Gasteiger partial charge in [0.25, 0.3) is 0 Å². The highest BCUT2D eigenvalue weighted by Crippen LogP contribution is 2.38. The molecule has 26 heavy (non-hydrogen) atoms. The second-order valence-electron chi connectivity index (χ2n) is 6.32. The minimum absolute atomic E-state index is 0. The number of rotatable bonds is 4. The maximum absolute atomic E-state index is 12.9. The van der Waals surface area contributed by atoms with Gasteiger partial charge in [0.15, 0.2) is 0 Å². The van der Waals surface area contributed by atoms with Gasteiger partial charge in [-0.25, -0.2) is 4.68 Å². The minimum Gasteiger partial charge on any atom is -0.329 e. The van der Waals surface area contributed by atoms with Crippen molar-refractivity contribution in [2.24, 2.45) is 11.1 Å². The molecule has 1 aromatic heterocycles. The van der Waals surface area contributed by atoms with E-state index in [9.17, 15) is 18.0 Å². The third-order valence-corrected chi connectivity index (χ3v) is 4.74. The summed E-state index contributed by atoms with van der Waals surface area (Å²) in [6, 6.07) is 7.02. The van der Waals surface area contributed by atoms with E-state index in [0.29, 0.717) is 12.2 Å². The number of halogens is 4. The second kappa shape index (κ2) is 7.67. The molecule has 142 valence electrons. The van der Waals surface area contributed by atoms with Crippen molar-refractivity contribution in [3.63, 3.8) is 0 Å². The smallest absolute Gasteiger partial charge is 0.329 e. The summed E-state index contributed by atoms with van der Waals surface area (Å²) in [5, 5.41) is 6.55. The van der Waals surface area contributed by atoms with Crippen LogP contribution in [0.4, 0.5) is 18.9 Å². The first-order valence-electron chi connectivity index (χ1n) is 8.09. The number of nitrogens with zero attached hydrogens (tertiary/aromatic N) is 2. The summed E-state index contributed by atoms with van der Waals surface area (Å²) in [4.78, 5) is 12.5. The van der Waals surface area contributed by atoms with E-state index in [4.69, 9.17) is 5.73 Å². The monoisotopic (exact) mass is 388 g/mol. The molecule has 0 aliphatic heterocycles. The zero-order chi connectivity index (χ0) is 18.1. The zero-order valence-electron chi connectivity index (χ0n) is 13.9. The van der Waals surface area contributed by atoms with E-state index in [-0.39, 0.29) is 24.0 Å². The number of aromatic nitrogens is 2. The fourth-order valence-electron chi connectivity index (χ4n) is 3.25. The summed E-state index contributed by atoms with van der Waals surface area (Å²) < 4.78 is 39.7. The number of nitrogens with one attached hydrogen (secondary N) is 1. The molecule has 9 heteroatoms. The van der Waals surface area contributed by atoms with Gasteiger partial charge in [-0.15, -0.1) is 12.4 Å². The lowest BCUT2D eigenvalue weighted by Gasteiger charge is -2.25. The molecule has 1 heterocycles. The Morgan fingerprint density at radius 2 is 1.81 bits per heavy atom. The third-order valence-electron chi connectivity index (χ3n) is 4.74.